The Hall–Kier alpha value is -2.47. The molecule has 1 fully saturated rings. The van der Waals surface area contributed by atoms with Crippen molar-refractivity contribution >= 4 is 11.7 Å². The Kier molecular flexibility index (Phi) is 5.60. The van der Waals surface area contributed by atoms with Crippen LogP contribution in [0.3, 0.4) is 0 Å². The molecule has 2 heterocycles. The second kappa shape index (κ2) is 8.07. The summed E-state index contributed by atoms with van der Waals surface area (Å²) in [4.78, 5) is 25.2. The van der Waals surface area contributed by atoms with E-state index in [1.54, 1.807) is 18.6 Å². The summed E-state index contributed by atoms with van der Waals surface area (Å²) in [6.45, 7) is 7.96. The van der Waals surface area contributed by atoms with E-state index in [1.807, 2.05) is 19.1 Å². The molecule has 0 saturated carbocycles. The molecule has 0 radical (unpaired) electrons. The summed E-state index contributed by atoms with van der Waals surface area (Å²) in [5, 5.41) is 3.11. The summed E-state index contributed by atoms with van der Waals surface area (Å²) >= 11 is 0. The molecule has 1 aromatic carbocycles. The van der Waals surface area contributed by atoms with E-state index >= 15 is 0 Å². The van der Waals surface area contributed by atoms with Gasteiger partial charge in [-0.3, -0.25) is 14.7 Å². The Morgan fingerprint density at radius 3 is 2.64 bits per heavy atom. The van der Waals surface area contributed by atoms with Gasteiger partial charge in [-0.25, -0.2) is 4.98 Å². The third kappa shape index (κ3) is 4.54. The highest BCUT2D eigenvalue weighted by Gasteiger charge is 2.20. The molecular weight excluding hydrogens is 314 g/mol. The van der Waals surface area contributed by atoms with E-state index in [1.165, 1.54) is 11.1 Å². The molecule has 6 nitrogen and oxygen atoms in total. The summed E-state index contributed by atoms with van der Waals surface area (Å²) < 4.78 is 0. The number of aromatic nitrogens is 2. The topological polar surface area (TPSA) is 61.4 Å². The normalized spacial score (nSPS) is 16.5. The molecule has 1 amide bonds. The number of benzene rings is 1. The molecule has 1 atom stereocenters. The Labute approximate surface area is 148 Å². The molecule has 1 aliphatic rings. The maximum atomic E-state index is 12.4. The van der Waals surface area contributed by atoms with Crippen LogP contribution in [-0.4, -0.2) is 53.5 Å². The number of piperazine rings is 1. The third-order valence-electron chi connectivity index (χ3n) is 4.65. The first-order chi connectivity index (χ1) is 12.1. The molecule has 1 aliphatic heterocycles. The molecule has 0 spiro atoms. The highest BCUT2D eigenvalue weighted by atomic mass is 16.2. The van der Waals surface area contributed by atoms with Gasteiger partial charge in [0.1, 0.15) is 5.82 Å². The average molecular weight is 339 g/mol. The van der Waals surface area contributed by atoms with Crippen LogP contribution in [-0.2, 0) is 4.79 Å². The van der Waals surface area contributed by atoms with Crippen molar-refractivity contribution in [1.29, 1.82) is 0 Å². The standard InChI is InChI=1S/C19H25N5O/c1-15-5-3-4-6-17(15)16(2)22-19(25)14-23-9-11-24(12-10-23)18-13-20-7-8-21-18/h3-8,13,16H,9-12,14H2,1-2H3,(H,22,25)/t16-/m0/s1. The van der Waals surface area contributed by atoms with Gasteiger partial charge in [0, 0.05) is 38.6 Å². The van der Waals surface area contributed by atoms with E-state index in [0.717, 1.165) is 32.0 Å². The Morgan fingerprint density at radius 1 is 1.20 bits per heavy atom. The van der Waals surface area contributed by atoms with E-state index in [4.69, 9.17) is 0 Å². The van der Waals surface area contributed by atoms with Crippen LogP contribution in [0.4, 0.5) is 5.82 Å². The third-order valence-corrected chi connectivity index (χ3v) is 4.65. The number of hydrogen-bond acceptors (Lipinski definition) is 5. The highest BCUT2D eigenvalue weighted by molar-refractivity contribution is 5.78. The van der Waals surface area contributed by atoms with Crippen LogP contribution in [0.2, 0.25) is 0 Å². The quantitative estimate of drug-likeness (QED) is 0.900. The fraction of sp³-hybridized carbons (Fsp3) is 0.421. The van der Waals surface area contributed by atoms with Crippen LogP contribution in [0.5, 0.6) is 0 Å². The van der Waals surface area contributed by atoms with Crippen molar-refractivity contribution in [2.45, 2.75) is 19.9 Å². The van der Waals surface area contributed by atoms with Crippen LogP contribution in [0.25, 0.3) is 0 Å². The number of carbonyl (C=O) groups is 1. The second-order valence-corrected chi connectivity index (χ2v) is 6.47. The lowest BCUT2D eigenvalue weighted by molar-refractivity contribution is -0.123. The van der Waals surface area contributed by atoms with E-state index in [-0.39, 0.29) is 11.9 Å². The zero-order valence-electron chi connectivity index (χ0n) is 14.9. The van der Waals surface area contributed by atoms with Gasteiger partial charge in [0.25, 0.3) is 0 Å². The maximum absolute atomic E-state index is 12.4. The van der Waals surface area contributed by atoms with Crippen LogP contribution < -0.4 is 10.2 Å². The van der Waals surface area contributed by atoms with E-state index < -0.39 is 0 Å². The fourth-order valence-corrected chi connectivity index (χ4v) is 3.23. The van der Waals surface area contributed by atoms with Gasteiger partial charge >= 0.3 is 0 Å². The summed E-state index contributed by atoms with van der Waals surface area (Å²) in [5.74, 6) is 0.975. The monoisotopic (exact) mass is 339 g/mol. The highest BCUT2D eigenvalue weighted by Crippen LogP contribution is 2.16. The number of amides is 1. The van der Waals surface area contributed by atoms with Gasteiger partial charge in [0.2, 0.25) is 5.91 Å². The van der Waals surface area contributed by atoms with E-state index in [0.29, 0.717) is 6.54 Å². The van der Waals surface area contributed by atoms with Crippen molar-refractivity contribution in [3.05, 3.63) is 54.0 Å². The summed E-state index contributed by atoms with van der Waals surface area (Å²) in [6, 6.07) is 8.19. The Balaban J connectivity index is 1.47. The number of aryl methyl sites for hydroxylation is 1. The predicted octanol–water partition coefficient (Wildman–Crippen LogP) is 1.78. The number of nitrogens with zero attached hydrogens (tertiary/aromatic N) is 4. The minimum atomic E-state index is 0.0228. The van der Waals surface area contributed by atoms with Crippen molar-refractivity contribution in [2.75, 3.05) is 37.6 Å². The van der Waals surface area contributed by atoms with E-state index in [2.05, 4.69) is 44.1 Å². The van der Waals surface area contributed by atoms with Crippen LogP contribution in [0.15, 0.2) is 42.9 Å². The lowest BCUT2D eigenvalue weighted by atomic mass is 10.0. The van der Waals surface area contributed by atoms with Gasteiger partial charge in [-0.05, 0) is 25.0 Å². The minimum Gasteiger partial charge on any atom is -0.353 e. The zero-order valence-corrected chi connectivity index (χ0v) is 14.9. The van der Waals surface area contributed by atoms with Crippen molar-refractivity contribution in [3.63, 3.8) is 0 Å². The largest absolute Gasteiger partial charge is 0.353 e. The molecule has 0 bridgehead atoms. The zero-order chi connectivity index (χ0) is 17.6. The van der Waals surface area contributed by atoms with Crippen LogP contribution in [0.1, 0.15) is 24.1 Å². The first-order valence-electron chi connectivity index (χ1n) is 8.71. The van der Waals surface area contributed by atoms with Gasteiger partial charge in [-0.2, -0.15) is 0 Å². The molecular formula is C19H25N5O. The molecule has 1 saturated heterocycles. The predicted molar refractivity (Wildman–Crippen MR) is 98.4 cm³/mol. The number of carbonyl (C=O) groups excluding carboxylic acids is 1. The molecule has 132 valence electrons. The van der Waals surface area contributed by atoms with Gasteiger partial charge < -0.3 is 10.2 Å². The molecule has 2 aromatic rings. The molecule has 3 rings (SSSR count). The molecule has 25 heavy (non-hydrogen) atoms. The van der Waals surface area contributed by atoms with Crippen molar-refractivity contribution < 1.29 is 4.79 Å². The molecule has 6 heteroatoms. The first kappa shape index (κ1) is 17.4. The Morgan fingerprint density at radius 2 is 1.96 bits per heavy atom. The number of hydrogen-bond donors (Lipinski definition) is 1. The van der Waals surface area contributed by atoms with Crippen LogP contribution in [0, 0.1) is 6.92 Å². The lowest BCUT2D eigenvalue weighted by Gasteiger charge is -2.34. The van der Waals surface area contributed by atoms with Gasteiger partial charge in [0.15, 0.2) is 0 Å². The van der Waals surface area contributed by atoms with Crippen molar-refractivity contribution in [3.8, 4) is 0 Å². The fourth-order valence-electron chi connectivity index (χ4n) is 3.23. The Bertz CT molecular complexity index is 698. The lowest BCUT2D eigenvalue weighted by Crippen LogP contribution is -2.50. The number of anilines is 1. The average Bonchev–Trinajstić information content (AvgIpc) is 2.63. The maximum Gasteiger partial charge on any atom is 0.234 e. The van der Waals surface area contributed by atoms with Crippen molar-refractivity contribution in [2.24, 2.45) is 0 Å². The second-order valence-electron chi connectivity index (χ2n) is 6.47. The molecule has 1 N–H and O–H groups in total. The SMILES string of the molecule is Cc1ccccc1[C@H](C)NC(=O)CN1CCN(c2cnccn2)CC1. The van der Waals surface area contributed by atoms with E-state index in [9.17, 15) is 4.79 Å². The summed E-state index contributed by atoms with van der Waals surface area (Å²) in [6.07, 6.45) is 5.17. The molecule has 0 unspecified atom stereocenters. The molecule has 1 aromatic heterocycles. The number of rotatable bonds is 5. The first-order valence-corrected chi connectivity index (χ1v) is 8.71. The number of nitrogens with one attached hydrogen (secondary N) is 1. The van der Waals surface area contributed by atoms with Gasteiger partial charge in [0.05, 0.1) is 18.8 Å². The van der Waals surface area contributed by atoms with Gasteiger partial charge in [-0.1, -0.05) is 24.3 Å². The van der Waals surface area contributed by atoms with Crippen molar-refractivity contribution in [1.82, 2.24) is 20.2 Å². The minimum absolute atomic E-state index is 0.0228. The summed E-state index contributed by atoms with van der Waals surface area (Å²) in [7, 11) is 0. The van der Waals surface area contributed by atoms with Gasteiger partial charge in [-0.15, -0.1) is 0 Å². The molecule has 0 aliphatic carbocycles. The van der Waals surface area contributed by atoms with Crippen LogP contribution >= 0.6 is 0 Å². The summed E-state index contributed by atoms with van der Waals surface area (Å²) in [5.41, 5.74) is 2.37. The smallest absolute Gasteiger partial charge is 0.234 e.